The van der Waals surface area contributed by atoms with Crippen LogP contribution < -0.4 is 9.46 Å². The molecule has 1 unspecified atom stereocenters. The summed E-state index contributed by atoms with van der Waals surface area (Å²) in [5.41, 5.74) is 4.77. The van der Waals surface area contributed by atoms with Crippen LogP contribution >= 0.6 is 0 Å². The first-order valence-electron chi connectivity index (χ1n) is 14.9. The number of nitrogens with one attached hydrogen (secondary N) is 1. The third kappa shape index (κ3) is 7.50. The third-order valence-electron chi connectivity index (χ3n) is 7.31. The summed E-state index contributed by atoms with van der Waals surface area (Å²) in [5.74, 6) is 0.238. The summed E-state index contributed by atoms with van der Waals surface area (Å²) in [6, 6.07) is 21.5. The van der Waals surface area contributed by atoms with Crippen LogP contribution in [0.4, 0.5) is 0 Å². The Morgan fingerprint density at radius 3 is 2.50 bits per heavy atom. The second-order valence-corrected chi connectivity index (χ2v) is 15.8. The second kappa shape index (κ2) is 13.8. The number of carbonyl (C=O) groups is 1. The van der Waals surface area contributed by atoms with Crippen molar-refractivity contribution in [1.82, 2.24) is 8.69 Å². The number of fused-ring (bicyclic) bond motifs is 1. The summed E-state index contributed by atoms with van der Waals surface area (Å²) in [5, 5.41) is 0.818. The number of hydrogen-bond donors (Lipinski definition) is 1. The fraction of sp³-hybridized carbons (Fsp3) is 0.286. The number of esters is 1. The van der Waals surface area contributed by atoms with E-state index in [1.165, 1.54) is 3.97 Å². The highest BCUT2D eigenvalue weighted by atomic mass is 32.2. The van der Waals surface area contributed by atoms with Gasteiger partial charge >= 0.3 is 5.97 Å². The predicted molar refractivity (Wildman–Crippen MR) is 179 cm³/mol. The highest BCUT2D eigenvalue weighted by molar-refractivity contribution is 7.90. The zero-order chi connectivity index (χ0) is 33.1. The Balaban J connectivity index is 1.52. The van der Waals surface area contributed by atoms with Gasteiger partial charge in [-0.05, 0) is 82.6 Å². The van der Waals surface area contributed by atoms with Crippen LogP contribution in [0.15, 0.2) is 94.6 Å². The summed E-state index contributed by atoms with van der Waals surface area (Å²) in [7, 11) is -3.99. The van der Waals surface area contributed by atoms with Gasteiger partial charge in [0, 0.05) is 39.6 Å². The largest absolute Gasteiger partial charge is 0.598 e. The number of aromatic nitrogens is 1. The van der Waals surface area contributed by atoms with Gasteiger partial charge in [-0.3, -0.25) is 4.79 Å². The molecule has 3 aromatic carbocycles. The molecule has 0 saturated carbocycles. The van der Waals surface area contributed by atoms with E-state index in [-0.39, 0.29) is 30.4 Å². The van der Waals surface area contributed by atoms with Gasteiger partial charge in [0.15, 0.2) is 0 Å². The van der Waals surface area contributed by atoms with Crippen molar-refractivity contribution in [2.24, 2.45) is 0 Å². The lowest BCUT2D eigenvalue weighted by atomic mass is 10.0. The van der Waals surface area contributed by atoms with Crippen molar-refractivity contribution in [2.45, 2.75) is 63.8 Å². The molecular weight excluding hydrogens is 625 g/mol. The van der Waals surface area contributed by atoms with Gasteiger partial charge < -0.3 is 18.4 Å². The van der Waals surface area contributed by atoms with Crippen LogP contribution in [-0.4, -0.2) is 34.3 Å². The number of para-hydroxylation sites is 1. The van der Waals surface area contributed by atoms with Crippen LogP contribution in [-0.2, 0) is 50.5 Å². The van der Waals surface area contributed by atoms with E-state index in [4.69, 9.17) is 13.9 Å². The fourth-order valence-electron chi connectivity index (χ4n) is 4.93. The van der Waals surface area contributed by atoms with E-state index in [1.807, 2.05) is 70.2 Å². The summed E-state index contributed by atoms with van der Waals surface area (Å²) in [4.78, 5) is 12.3. The average molecular weight is 663 g/mol. The van der Waals surface area contributed by atoms with E-state index in [9.17, 15) is 17.8 Å². The highest BCUT2D eigenvalue weighted by Gasteiger charge is 2.28. The van der Waals surface area contributed by atoms with Crippen molar-refractivity contribution in [1.29, 1.82) is 0 Å². The summed E-state index contributed by atoms with van der Waals surface area (Å²) >= 11 is -1.43. The third-order valence-corrected chi connectivity index (χ3v) is 10.6. The number of benzene rings is 3. The van der Waals surface area contributed by atoms with Crippen molar-refractivity contribution in [2.75, 3.05) is 6.61 Å². The molecule has 1 N–H and O–H groups in total. The van der Waals surface area contributed by atoms with Gasteiger partial charge in [0.2, 0.25) is 0 Å². The van der Waals surface area contributed by atoms with E-state index in [0.29, 0.717) is 40.3 Å². The van der Waals surface area contributed by atoms with Crippen molar-refractivity contribution in [3.05, 3.63) is 108 Å². The van der Waals surface area contributed by atoms with Crippen LogP contribution in [0, 0.1) is 6.92 Å². The van der Waals surface area contributed by atoms with Gasteiger partial charge in [0.25, 0.3) is 10.0 Å². The Kier molecular flexibility index (Phi) is 9.97. The molecule has 11 heteroatoms. The number of aryl methyl sites for hydroxylation is 1. The summed E-state index contributed by atoms with van der Waals surface area (Å²) < 4.78 is 61.6. The molecule has 0 amide bonds. The Morgan fingerprint density at radius 2 is 1.78 bits per heavy atom. The number of hydrogen-bond acceptors (Lipinski definition) is 8. The van der Waals surface area contributed by atoms with Crippen LogP contribution in [0.1, 0.15) is 50.1 Å². The minimum Gasteiger partial charge on any atom is -0.598 e. The second-order valence-electron chi connectivity index (χ2n) is 11.9. The van der Waals surface area contributed by atoms with Gasteiger partial charge in [0.1, 0.15) is 22.7 Å². The standard InChI is InChI=1S/C35H38N2O7S2/c1-6-42-33(38)20-26-9-7-8-10-32(26)44-23-25-17-27-15-16-43-34(27)31(18-25)28-19-29(21-36-45(39)35(3,4)5)37(22-28)46(40,41)30-13-11-24(2)12-14-30/h7-19,22,36H,6,20-21,23H2,1-5H3. The molecule has 0 aliphatic carbocycles. The molecule has 2 heterocycles. The monoisotopic (exact) mass is 662 g/mol. The molecule has 46 heavy (non-hydrogen) atoms. The first-order valence-corrected chi connectivity index (χ1v) is 17.5. The minimum absolute atomic E-state index is 0.0519. The molecule has 0 spiro atoms. The van der Waals surface area contributed by atoms with Crippen LogP contribution in [0.3, 0.4) is 0 Å². The molecule has 0 aliphatic heterocycles. The van der Waals surface area contributed by atoms with Crippen molar-refractivity contribution in [3.8, 4) is 16.9 Å². The number of carbonyl (C=O) groups excluding carboxylic acids is 1. The molecule has 5 rings (SSSR count). The Bertz CT molecular complexity index is 1940. The lowest BCUT2D eigenvalue weighted by Crippen LogP contribution is -2.39. The van der Waals surface area contributed by atoms with Gasteiger partial charge in [0.05, 0.1) is 36.4 Å². The van der Waals surface area contributed by atoms with Crippen molar-refractivity contribution in [3.63, 3.8) is 0 Å². The topological polar surface area (TPSA) is 123 Å². The molecule has 0 bridgehead atoms. The van der Waals surface area contributed by atoms with Crippen LogP contribution in [0.2, 0.25) is 0 Å². The molecule has 2 aromatic heterocycles. The fourth-order valence-corrected chi connectivity index (χ4v) is 7.03. The molecule has 1 atom stereocenters. The molecule has 5 aromatic rings. The SMILES string of the molecule is CCOC(=O)Cc1ccccc1OCc1cc(-c2cc(CN[S+]([O-])C(C)(C)C)n(S(=O)(=O)c3ccc(C)cc3)c2)c2occc2c1. The van der Waals surface area contributed by atoms with Crippen LogP contribution in [0.5, 0.6) is 5.75 Å². The van der Waals surface area contributed by atoms with E-state index < -0.39 is 26.1 Å². The Morgan fingerprint density at radius 1 is 1.04 bits per heavy atom. The highest BCUT2D eigenvalue weighted by Crippen LogP contribution is 2.34. The Labute approximate surface area is 272 Å². The van der Waals surface area contributed by atoms with E-state index >= 15 is 0 Å². The normalized spacial score (nSPS) is 12.7. The summed E-state index contributed by atoms with van der Waals surface area (Å²) in [6.45, 7) is 9.75. The average Bonchev–Trinajstić information content (AvgIpc) is 3.67. The molecular formula is C35H38N2O7S2. The number of ether oxygens (including phenoxy) is 2. The van der Waals surface area contributed by atoms with Crippen molar-refractivity contribution >= 4 is 38.3 Å². The molecule has 0 saturated heterocycles. The van der Waals surface area contributed by atoms with Gasteiger partial charge in [-0.1, -0.05) is 35.9 Å². The number of rotatable bonds is 12. The van der Waals surface area contributed by atoms with Gasteiger partial charge in [-0.15, -0.1) is 4.72 Å². The molecule has 242 valence electrons. The molecule has 0 aliphatic rings. The minimum atomic E-state index is -3.99. The zero-order valence-corrected chi connectivity index (χ0v) is 28.2. The van der Waals surface area contributed by atoms with E-state index in [2.05, 4.69) is 4.72 Å². The molecule has 0 fully saturated rings. The summed E-state index contributed by atoms with van der Waals surface area (Å²) in [6.07, 6.45) is 3.25. The lowest BCUT2D eigenvalue weighted by Gasteiger charge is -2.23. The van der Waals surface area contributed by atoms with E-state index in [0.717, 1.165) is 16.5 Å². The first-order chi connectivity index (χ1) is 21.9. The molecule has 9 nitrogen and oxygen atoms in total. The van der Waals surface area contributed by atoms with Gasteiger partial charge in [-0.2, -0.15) is 0 Å². The first kappa shape index (κ1) is 33.3. The maximum Gasteiger partial charge on any atom is 0.310 e. The number of furan rings is 1. The maximum absolute atomic E-state index is 13.9. The maximum atomic E-state index is 13.9. The number of nitrogens with zero attached hydrogens (tertiary/aromatic N) is 1. The lowest BCUT2D eigenvalue weighted by molar-refractivity contribution is -0.142. The van der Waals surface area contributed by atoms with Crippen LogP contribution in [0.25, 0.3) is 22.1 Å². The predicted octanol–water partition coefficient (Wildman–Crippen LogP) is 6.68. The smallest absolute Gasteiger partial charge is 0.310 e. The molecule has 0 radical (unpaired) electrons. The van der Waals surface area contributed by atoms with Crippen molar-refractivity contribution < 1.29 is 31.7 Å². The van der Waals surface area contributed by atoms with Gasteiger partial charge in [-0.25, -0.2) is 12.4 Å². The quantitative estimate of drug-likeness (QED) is 0.116. The zero-order valence-electron chi connectivity index (χ0n) is 26.5. The van der Waals surface area contributed by atoms with E-state index in [1.54, 1.807) is 49.7 Å². The Hall–Kier alpha value is -4.03.